The van der Waals surface area contributed by atoms with E-state index in [2.05, 4.69) is 20.4 Å². The molecule has 1 aliphatic heterocycles. The molecule has 0 radical (unpaired) electrons. The van der Waals surface area contributed by atoms with Gasteiger partial charge >= 0.3 is 0 Å². The third-order valence-corrected chi connectivity index (χ3v) is 4.69. The summed E-state index contributed by atoms with van der Waals surface area (Å²) < 4.78 is 28.2. The van der Waals surface area contributed by atoms with Crippen LogP contribution in [0.1, 0.15) is 29.5 Å². The second-order valence-corrected chi connectivity index (χ2v) is 7.19. The minimum Gasteiger partial charge on any atom is -0.397 e. The molecule has 164 valence electrons. The molecule has 1 aromatic heterocycles. The fraction of sp³-hybridized carbons (Fsp3) is 0.350. The van der Waals surface area contributed by atoms with E-state index in [9.17, 15) is 18.4 Å². The van der Waals surface area contributed by atoms with Crippen LogP contribution in [0, 0.1) is 0 Å². The van der Waals surface area contributed by atoms with E-state index in [1.807, 2.05) is 30.3 Å². The van der Waals surface area contributed by atoms with Gasteiger partial charge in [-0.15, -0.1) is 5.10 Å². The Hall–Kier alpha value is -3.63. The van der Waals surface area contributed by atoms with E-state index in [4.69, 9.17) is 5.73 Å². The number of amides is 2. The first-order valence-electron chi connectivity index (χ1n) is 9.57. The second kappa shape index (κ2) is 9.02. The predicted molar refractivity (Wildman–Crippen MR) is 109 cm³/mol. The van der Waals surface area contributed by atoms with Gasteiger partial charge in [0, 0.05) is 26.6 Å². The molecule has 0 spiro atoms. The molecule has 2 amide bonds. The zero-order chi connectivity index (χ0) is 22.6. The van der Waals surface area contributed by atoms with Crippen molar-refractivity contribution in [1.82, 2.24) is 25.0 Å². The van der Waals surface area contributed by atoms with Gasteiger partial charge in [-0.25, -0.2) is 18.4 Å². The Morgan fingerprint density at radius 3 is 2.74 bits per heavy atom. The molecular weight excluding hydrogens is 408 g/mol. The number of rotatable bonds is 6. The molecule has 1 unspecified atom stereocenters. The van der Waals surface area contributed by atoms with Crippen LogP contribution in [0.15, 0.2) is 53.4 Å². The minimum absolute atomic E-state index is 0.00559. The highest BCUT2D eigenvalue weighted by Gasteiger charge is 2.31. The Morgan fingerprint density at radius 2 is 2.06 bits per heavy atom. The SMILES string of the molecule is CN1C(=O)C(NC(=O)c2ncn(Cc3ccccc3)n2)CCN=C1C=C(N)C(C)(F)F. The lowest BCUT2D eigenvalue weighted by atomic mass is 10.2. The molecule has 0 fully saturated rings. The summed E-state index contributed by atoms with van der Waals surface area (Å²) in [6.45, 7) is 1.25. The van der Waals surface area contributed by atoms with E-state index in [0.29, 0.717) is 13.5 Å². The number of nitrogens with two attached hydrogens (primary N) is 1. The van der Waals surface area contributed by atoms with Gasteiger partial charge in [0.25, 0.3) is 17.7 Å². The van der Waals surface area contributed by atoms with Gasteiger partial charge in [0.15, 0.2) is 0 Å². The maximum absolute atomic E-state index is 13.3. The van der Waals surface area contributed by atoms with E-state index in [0.717, 1.165) is 16.5 Å². The van der Waals surface area contributed by atoms with E-state index in [1.54, 1.807) is 0 Å². The maximum atomic E-state index is 13.3. The van der Waals surface area contributed by atoms with Gasteiger partial charge in [-0.05, 0) is 12.0 Å². The van der Waals surface area contributed by atoms with Gasteiger partial charge in [0.2, 0.25) is 5.82 Å². The Balaban J connectivity index is 1.66. The number of likely N-dealkylation sites (N-methyl/N-ethyl adjacent to an activating group) is 1. The lowest BCUT2D eigenvalue weighted by molar-refractivity contribution is -0.128. The molecule has 3 rings (SSSR count). The Labute approximate surface area is 177 Å². The number of carbonyl (C=O) groups is 2. The number of aromatic nitrogens is 3. The van der Waals surface area contributed by atoms with Crippen LogP contribution < -0.4 is 11.1 Å². The number of allylic oxidation sites excluding steroid dienone is 1. The fourth-order valence-corrected chi connectivity index (χ4v) is 2.89. The molecule has 0 saturated heterocycles. The highest BCUT2D eigenvalue weighted by atomic mass is 19.3. The topological polar surface area (TPSA) is 118 Å². The van der Waals surface area contributed by atoms with Crippen molar-refractivity contribution in [2.75, 3.05) is 13.6 Å². The zero-order valence-corrected chi connectivity index (χ0v) is 17.1. The van der Waals surface area contributed by atoms with Crippen LogP contribution in [-0.4, -0.2) is 62.9 Å². The molecule has 1 atom stereocenters. The lowest BCUT2D eigenvalue weighted by Gasteiger charge is -2.21. The Morgan fingerprint density at radius 1 is 1.35 bits per heavy atom. The van der Waals surface area contributed by atoms with Crippen LogP contribution in [0.2, 0.25) is 0 Å². The van der Waals surface area contributed by atoms with Crippen molar-refractivity contribution in [2.45, 2.75) is 31.9 Å². The molecule has 2 aromatic rings. The lowest BCUT2D eigenvalue weighted by Crippen LogP contribution is -2.48. The average Bonchev–Trinajstić information content (AvgIpc) is 3.15. The molecule has 0 bridgehead atoms. The number of benzene rings is 1. The fourth-order valence-electron chi connectivity index (χ4n) is 2.89. The third kappa shape index (κ3) is 5.50. The van der Waals surface area contributed by atoms with Crippen LogP contribution in [0.25, 0.3) is 0 Å². The number of alkyl halides is 2. The average molecular weight is 431 g/mol. The standard InChI is InChI=1S/C20H23F2N7O2/c1-20(21,22)15(23)10-16-24-9-8-14(19(31)28(16)2)26-18(30)17-25-12-29(27-17)11-13-6-4-3-5-7-13/h3-7,10,12,14H,8-9,11,23H2,1-2H3,(H,26,30). The number of hydrogen-bond donors (Lipinski definition) is 2. The molecular formula is C20H23F2N7O2. The quantitative estimate of drug-likeness (QED) is 0.712. The zero-order valence-electron chi connectivity index (χ0n) is 17.1. The predicted octanol–water partition coefficient (Wildman–Crippen LogP) is 1.18. The molecule has 31 heavy (non-hydrogen) atoms. The molecule has 1 aromatic carbocycles. The summed E-state index contributed by atoms with van der Waals surface area (Å²) in [7, 11) is 1.38. The number of aliphatic imine (C=N–C) groups is 1. The summed E-state index contributed by atoms with van der Waals surface area (Å²) >= 11 is 0. The van der Waals surface area contributed by atoms with Crippen molar-refractivity contribution in [3.05, 3.63) is 59.8 Å². The number of carbonyl (C=O) groups excluding carboxylic acids is 2. The Bertz CT molecular complexity index is 1010. The molecule has 0 saturated carbocycles. The number of nitrogens with one attached hydrogen (secondary N) is 1. The van der Waals surface area contributed by atoms with Gasteiger partial charge in [0.1, 0.15) is 18.2 Å². The summed E-state index contributed by atoms with van der Waals surface area (Å²) in [6.07, 6.45) is 2.59. The molecule has 11 heteroatoms. The van der Waals surface area contributed by atoms with Crippen molar-refractivity contribution >= 4 is 17.6 Å². The third-order valence-electron chi connectivity index (χ3n) is 4.69. The molecule has 9 nitrogen and oxygen atoms in total. The number of hydrogen-bond acceptors (Lipinski definition) is 6. The second-order valence-electron chi connectivity index (χ2n) is 7.19. The van der Waals surface area contributed by atoms with Crippen molar-refractivity contribution in [2.24, 2.45) is 10.7 Å². The number of halogens is 2. The summed E-state index contributed by atoms with van der Waals surface area (Å²) in [6, 6.07) is 8.64. The van der Waals surface area contributed by atoms with Crippen molar-refractivity contribution in [1.29, 1.82) is 0 Å². The highest BCUT2D eigenvalue weighted by molar-refractivity contribution is 6.07. The minimum atomic E-state index is -3.24. The monoisotopic (exact) mass is 431 g/mol. The maximum Gasteiger partial charge on any atom is 0.291 e. The van der Waals surface area contributed by atoms with Crippen LogP contribution in [0.5, 0.6) is 0 Å². The van der Waals surface area contributed by atoms with Gasteiger partial charge in [0.05, 0.1) is 12.2 Å². The van der Waals surface area contributed by atoms with E-state index in [1.165, 1.54) is 18.1 Å². The first-order valence-corrected chi connectivity index (χ1v) is 9.57. The van der Waals surface area contributed by atoms with Crippen molar-refractivity contribution in [3.63, 3.8) is 0 Å². The molecule has 2 heterocycles. The van der Waals surface area contributed by atoms with Gasteiger partial charge in [-0.3, -0.25) is 19.5 Å². The van der Waals surface area contributed by atoms with Crippen molar-refractivity contribution in [3.8, 4) is 0 Å². The van der Waals surface area contributed by atoms with Crippen LogP contribution >= 0.6 is 0 Å². The normalized spacial score (nSPS) is 17.9. The first kappa shape index (κ1) is 22.1. The first-order chi connectivity index (χ1) is 14.6. The van der Waals surface area contributed by atoms with Crippen LogP contribution in [0.3, 0.4) is 0 Å². The van der Waals surface area contributed by atoms with Crippen LogP contribution in [0.4, 0.5) is 8.78 Å². The highest BCUT2D eigenvalue weighted by Crippen LogP contribution is 2.19. The summed E-state index contributed by atoms with van der Waals surface area (Å²) in [4.78, 5) is 34.5. The van der Waals surface area contributed by atoms with Crippen molar-refractivity contribution < 1.29 is 18.4 Å². The molecule has 3 N–H and O–H groups in total. The van der Waals surface area contributed by atoms with E-state index >= 15 is 0 Å². The molecule has 0 aliphatic carbocycles. The van der Waals surface area contributed by atoms with E-state index < -0.39 is 29.5 Å². The van der Waals surface area contributed by atoms with E-state index in [-0.39, 0.29) is 24.6 Å². The number of amidine groups is 1. The van der Waals surface area contributed by atoms with Gasteiger partial charge in [-0.1, -0.05) is 30.3 Å². The van der Waals surface area contributed by atoms with Gasteiger partial charge < -0.3 is 11.1 Å². The largest absolute Gasteiger partial charge is 0.397 e. The summed E-state index contributed by atoms with van der Waals surface area (Å²) in [5, 5.41) is 6.75. The smallest absolute Gasteiger partial charge is 0.291 e. The summed E-state index contributed by atoms with van der Waals surface area (Å²) in [5.74, 6) is -4.43. The van der Waals surface area contributed by atoms with Gasteiger partial charge in [-0.2, -0.15) is 0 Å². The molecule has 1 aliphatic rings. The van der Waals surface area contributed by atoms with Crippen LogP contribution in [-0.2, 0) is 11.3 Å². The summed E-state index contributed by atoms with van der Waals surface area (Å²) in [5.41, 5.74) is 5.68. The number of nitrogens with zero attached hydrogens (tertiary/aromatic N) is 5. The Kier molecular flexibility index (Phi) is 6.42.